The molecule has 2 N–H and O–H groups in total. The van der Waals surface area contributed by atoms with Gasteiger partial charge in [0, 0.05) is 24.5 Å². The topological polar surface area (TPSA) is 55.3 Å². The Hall–Kier alpha value is -1.97. The highest BCUT2D eigenvalue weighted by Gasteiger charge is 2.09. The highest BCUT2D eigenvalue weighted by Crippen LogP contribution is 2.19. The molecule has 17 heavy (non-hydrogen) atoms. The van der Waals surface area contributed by atoms with E-state index in [1.807, 2.05) is 25.1 Å². The van der Waals surface area contributed by atoms with Gasteiger partial charge >= 0.3 is 0 Å². The molecule has 4 nitrogen and oxygen atoms in total. The minimum atomic E-state index is 0.707. The minimum absolute atomic E-state index is 0.707. The summed E-state index contributed by atoms with van der Waals surface area (Å²) in [7, 11) is 0. The van der Waals surface area contributed by atoms with Crippen LogP contribution in [0.15, 0.2) is 35.1 Å². The molecule has 0 aliphatic heterocycles. The van der Waals surface area contributed by atoms with Crippen molar-refractivity contribution < 1.29 is 4.42 Å². The monoisotopic (exact) mass is 231 g/mol. The number of anilines is 2. The standard InChI is InChI=1S/C13H17N3O/c1-3-16(9-11-5-4-6-17-11)13-7-12(14)10(2)8-15-13/h4-8H,3,9H2,1-2H3,(H2,14,15). The van der Waals surface area contributed by atoms with Crippen LogP contribution in [0.2, 0.25) is 0 Å². The predicted octanol–water partition coefficient (Wildman–Crippen LogP) is 2.59. The first kappa shape index (κ1) is 11.5. The Morgan fingerprint density at radius 1 is 1.47 bits per heavy atom. The molecule has 0 saturated heterocycles. The number of rotatable bonds is 4. The van der Waals surface area contributed by atoms with Crippen molar-refractivity contribution >= 4 is 11.5 Å². The van der Waals surface area contributed by atoms with Crippen LogP contribution in [-0.2, 0) is 6.54 Å². The average molecular weight is 231 g/mol. The van der Waals surface area contributed by atoms with Gasteiger partial charge in [0.05, 0.1) is 12.8 Å². The minimum Gasteiger partial charge on any atom is -0.467 e. The van der Waals surface area contributed by atoms with E-state index in [-0.39, 0.29) is 0 Å². The van der Waals surface area contributed by atoms with Gasteiger partial charge in [0.15, 0.2) is 0 Å². The van der Waals surface area contributed by atoms with Crippen LogP contribution in [-0.4, -0.2) is 11.5 Å². The zero-order valence-electron chi connectivity index (χ0n) is 10.2. The second kappa shape index (κ2) is 4.91. The third kappa shape index (κ3) is 2.58. The fourth-order valence-corrected chi connectivity index (χ4v) is 1.65. The summed E-state index contributed by atoms with van der Waals surface area (Å²) in [4.78, 5) is 6.51. The summed E-state index contributed by atoms with van der Waals surface area (Å²) in [6.45, 7) is 5.60. The molecule has 0 aliphatic rings. The van der Waals surface area contributed by atoms with E-state index in [2.05, 4.69) is 16.8 Å². The molecule has 0 aliphatic carbocycles. The number of aryl methyl sites for hydroxylation is 1. The summed E-state index contributed by atoms with van der Waals surface area (Å²) in [6.07, 6.45) is 3.48. The molecule has 0 atom stereocenters. The molecule has 0 bridgehead atoms. The van der Waals surface area contributed by atoms with Crippen LogP contribution in [0.4, 0.5) is 11.5 Å². The molecule has 0 saturated carbocycles. The van der Waals surface area contributed by atoms with Crippen LogP contribution in [0.1, 0.15) is 18.2 Å². The first-order chi connectivity index (χ1) is 8.20. The van der Waals surface area contributed by atoms with Crippen molar-refractivity contribution in [2.75, 3.05) is 17.2 Å². The van der Waals surface area contributed by atoms with Crippen LogP contribution < -0.4 is 10.6 Å². The summed E-state index contributed by atoms with van der Waals surface area (Å²) in [5, 5.41) is 0. The average Bonchev–Trinajstić information content (AvgIpc) is 2.82. The molecule has 2 aromatic rings. The Labute approximate surface area is 101 Å². The number of nitrogens with two attached hydrogens (primary N) is 1. The summed E-state index contributed by atoms with van der Waals surface area (Å²) in [6, 6.07) is 5.75. The quantitative estimate of drug-likeness (QED) is 0.878. The lowest BCUT2D eigenvalue weighted by Gasteiger charge is -2.21. The second-order valence-electron chi connectivity index (χ2n) is 3.99. The molecule has 2 heterocycles. The second-order valence-corrected chi connectivity index (χ2v) is 3.99. The summed E-state index contributed by atoms with van der Waals surface area (Å²) >= 11 is 0. The van der Waals surface area contributed by atoms with Gasteiger partial charge in [-0.05, 0) is 31.5 Å². The molecule has 2 aromatic heterocycles. The summed E-state index contributed by atoms with van der Waals surface area (Å²) < 4.78 is 5.34. The molecule has 0 spiro atoms. The normalized spacial score (nSPS) is 10.5. The maximum absolute atomic E-state index is 5.90. The van der Waals surface area contributed by atoms with Crippen molar-refractivity contribution in [1.29, 1.82) is 0 Å². The summed E-state index contributed by atoms with van der Waals surface area (Å²) in [5.74, 6) is 1.81. The molecule has 0 fully saturated rings. The number of nitrogens with zero attached hydrogens (tertiary/aromatic N) is 2. The molecular formula is C13H17N3O. The van der Waals surface area contributed by atoms with Crippen LogP contribution in [0, 0.1) is 6.92 Å². The summed E-state index contributed by atoms with van der Waals surface area (Å²) in [5.41, 5.74) is 7.67. The number of aromatic nitrogens is 1. The van der Waals surface area contributed by atoms with E-state index in [4.69, 9.17) is 10.2 Å². The highest BCUT2D eigenvalue weighted by molar-refractivity contribution is 5.54. The van der Waals surface area contributed by atoms with Gasteiger partial charge in [-0.3, -0.25) is 0 Å². The van der Waals surface area contributed by atoms with Crippen molar-refractivity contribution in [3.8, 4) is 0 Å². The lowest BCUT2D eigenvalue weighted by atomic mass is 10.2. The van der Waals surface area contributed by atoms with E-state index in [0.29, 0.717) is 6.54 Å². The number of hydrogen-bond donors (Lipinski definition) is 1. The Morgan fingerprint density at radius 2 is 2.29 bits per heavy atom. The largest absolute Gasteiger partial charge is 0.467 e. The Bertz CT molecular complexity index is 479. The maximum atomic E-state index is 5.90. The van der Waals surface area contributed by atoms with E-state index < -0.39 is 0 Å². The number of hydrogen-bond acceptors (Lipinski definition) is 4. The van der Waals surface area contributed by atoms with E-state index in [9.17, 15) is 0 Å². The van der Waals surface area contributed by atoms with Crippen molar-refractivity contribution in [3.63, 3.8) is 0 Å². The van der Waals surface area contributed by atoms with Crippen LogP contribution in [0.5, 0.6) is 0 Å². The molecule has 0 amide bonds. The van der Waals surface area contributed by atoms with Crippen molar-refractivity contribution in [3.05, 3.63) is 42.0 Å². The van der Waals surface area contributed by atoms with Crippen molar-refractivity contribution in [1.82, 2.24) is 4.98 Å². The lowest BCUT2D eigenvalue weighted by molar-refractivity contribution is 0.503. The molecule has 2 rings (SSSR count). The van der Waals surface area contributed by atoms with Crippen LogP contribution in [0.3, 0.4) is 0 Å². The van der Waals surface area contributed by atoms with Gasteiger partial charge in [-0.15, -0.1) is 0 Å². The molecule has 4 heteroatoms. The van der Waals surface area contributed by atoms with Gasteiger partial charge in [0.25, 0.3) is 0 Å². The first-order valence-corrected chi connectivity index (χ1v) is 5.70. The van der Waals surface area contributed by atoms with Gasteiger partial charge in [0.2, 0.25) is 0 Å². The maximum Gasteiger partial charge on any atom is 0.130 e. The zero-order chi connectivity index (χ0) is 12.3. The van der Waals surface area contributed by atoms with Crippen molar-refractivity contribution in [2.45, 2.75) is 20.4 Å². The Kier molecular flexibility index (Phi) is 3.32. The number of furan rings is 1. The van der Waals surface area contributed by atoms with Gasteiger partial charge in [-0.25, -0.2) is 4.98 Å². The Balaban J connectivity index is 2.20. The number of nitrogen functional groups attached to an aromatic ring is 1. The van der Waals surface area contributed by atoms with Crippen LogP contribution in [0.25, 0.3) is 0 Å². The predicted molar refractivity (Wildman–Crippen MR) is 68.8 cm³/mol. The van der Waals surface area contributed by atoms with Crippen LogP contribution >= 0.6 is 0 Å². The third-order valence-electron chi connectivity index (χ3n) is 2.76. The van der Waals surface area contributed by atoms with Gasteiger partial charge in [-0.1, -0.05) is 0 Å². The van der Waals surface area contributed by atoms with E-state index >= 15 is 0 Å². The van der Waals surface area contributed by atoms with Crippen molar-refractivity contribution in [2.24, 2.45) is 0 Å². The first-order valence-electron chi connectivity index (χ1n) is 5.70. The van der Waals surface area contributed by atoms with Gasteiger partial charge in [0.1, 0.15) is 11.6 Å². The third-order valence-corrected chi connectivity index (χ3v) is 2.76. The smallest absolute Gasteiger partial charge is 0.130 e. The highest BCUT2D eigenvalue weighted by atomic mass is 16.3. The van der Waals surface area contributed by atoms with E-state index in [1.54, 1.807) is 12.5 Å². The molecule has 0 unspecified atom stereocenters. The molecule has 0 radical (unpaired) electrons. The fraction of sp³-hybridized carbons (Fsp3) is 0.308. The zero-order valence-corrected chi connectivity index (χ0v) is 10.2. The van der Waals surface area contributed by atoms with Gasteiger partial charge in [-0.2, -0.15) is 0 Å². The number of pyridine rings is 1. The van der Waals surface area contributed by atoms with E-state index in [0.717, 1.165) is 29.4 Å². The fourth-order valence-electron chi connectivity index (χ4n) is 1.65. The van der Waals surface area contributed by atoms with E-state index in [1.165, 1.54) is 0 Å². The molecule has 90 valence electrons. The SMILES string of the molecule is CCN(Cc1ccco1)c1cc(N)c(C)cn1. The van der Waals surface area contributed by atoms with Gasteiger partial charge < -0.3 is 15.1 Å². The molecule has 0 aromatic carbocycles. The Morgan fingerprint density at radius 3 is 2.88 bits per heavy atom. The molecular weight excluding hydrogens is 214 g/mol. The lowest BCUT2D eigenvalue weighted by Crippen LogP contribution is -2.23.